The topological polar surface area (TPSA) is 61.7 Å². The molecule has 0 aliphatic carbocycles. The van der Waals surface area contributed by atoms with Gasteiger partial charge < -0.3 is 10.3 Å². The van der Waals surface area contributed by atoms with Crippen LogP contribution in [-0.2, 0) is 6.54 Å². The molecule has 0 fully saturated rings. The molecule has 2 N–H and O–H groups in total. The van der Waals surface area contributed by atoms with Crippen molar-refractivity contribution in [2.24, 2.45) is 5.73 Å². The molecule has 0 bridgehead atoms. The third kappa shape index (κ3) is 2.32. The van der Waals surface area contributed by atoms with Crippen LogP contribution in [0.3, 0.4) is 0 Å². The number of hydrogen-bond acceptors (Lipinski definition) is 3. The number of nitrogens with zero attached hydrogens (tertiary/aromatic N) is 4. The van der Waals surface area contributed by atoms with E-state index < -0.39 is 0 Å². The Hall–Kier alpha value is -2.14. The lowest BCUT2D eigenvalue weighted by molar-refractivity contribution is 0.441. The largest absolute Gasteiger partial charge is 0.345 e. The first-order chi connectivity index (χ1) is 9.44. The predicted molar refractivity (Wildman–Crippen MR) is 79.9 cm³/mol. The molecule has 0 aliphatic heterocycles. The molecule has 5 heteroatoms. The minimum Gasteiger partial charge on any atom is -0.345 e. The van der Waals surface area contributed by atoms with Crippen LogP contribution >= 0.6 is 0 Å². The van der Waals surface area contributed by atoms with Gasteiger partial charge in [-0.05, 0) is 38.5 Å². The van der Waals surface area contributed by atoms with Crippen molar-refractivity contribution in [2.45, 2.75) is 32.9 Å². The molecule has 2 aromatic heterocycles. The van der Waals surface area contributed by atoms with Gasteiger partial charge in [0.1, 0.15) is 12.7 Å². The molecule has 0 amide bonds. The molecule has 20 heavy (non-hydrogen) atoms. The van der Waals surface area contributed by atoms with Crippen LogP contribution in [0.5, 0.6) is 0 Å². The van der Waals surface area contributed by atoms with E-state index in [-0.39, 0.29) is 5.54 Å². The van der Waals surface area contributed by atoms with E-state index in [1.165, 1.54) is 16.5 Å². The van der Waals surface area contributed by atoms with Gasteiger partial charge in [0.2, 0.25) is 0 Å². The first kappa shape index (κ1) is 12.9. The molecule has 0 saturated heterocycles. The first-order valence-corrected chi connectivity index (χ1v) is 6.67. The second-order valence-electron chi connectivity index (χ2n) is 6.00. The molecule has 0 saturated carbocycles. The summed E-state index contributed by atoms with van der Waals surface area (Å²) in [6, 6.07) is 6.37. The Morgan fingerprint density at radius 3 is 2.55 bits per heavy atom. The summed E-state index contributed by atoms with van der Waals surface area (Å²) in [6.45, 7) is 6.99. The predicted octanol–water partition coefficient (Wildman–Crippen LogP) is 2.27. The summed E-state index contributed by atoms with van der Waals surface area (Å²) in [5, 5.41) is 8.96. The van der Waals surface area contributed by atoms with E-state index in [9.17, 15) is 0 Å². The molecule has 0 aliphatic rings. The third-order valence-electron chi connectivity index (χ3n) is 3.36. The molecule has 0 spiro atoms. The summed E-state index contributed by atoms with van der Waals surface area (Å²) in [4.78, 5) is 0. The van der Waals surface area contributed by atoms with Crippen LogP contribution in [0, 0.1) is 6.92 Å². The van der Waals surface area contributed by atoms with E-state index >= 15 is 0 Å². The third-order valence-corrected chi connectivity index (χ3v) is 3.36. The summed E-state index contributed by atoms with van der Waals surface area (Å²) >= 11 is 0. The van der Waals surface area contributed by atoms with Gasteiger partial charge in [-0.25, -0.2) is 0 Å². The zero-order valence-corrected chi connectivity index (χ0v) is 12.0. The van der Waals surface area contributed by atoms with E-state index in [2.05, 4.69) is 46.1 Å². The quantitative estimate of drug-likeness (QED) is 0.793. The van der Waals surface area contributed by atoms with Crippen molar-refractivity contribution < 1.29 is 0 Å². The van der Waals surface area contributed by atoms with E-state index in [0.717, 1.165) is 12.2 Å². The number of benzene rings is 1. The molecule has 3 aromatic rings. The Kier molecular flexibility index (Phi) is 2.87. The van der Waals surface area contributed by atoms with Gasteiger partial charge in [0.15, 0.2) is 0 Å². The molecule has 1 aromatic carbocycles. The zero-order chi connectivity index (χ0) is 14.3. The fraction of sp³-hybridized carbons (Fsp3) is 0.333. The molecule has 3 rings (SSSR count). The Bertz CT molecular complexity index is 732. The number of fused-ring (bicyclic) bond motifs is 1. The number of hydrogen-bond donors (Lipinski definition) is 1. The highest BCUT2D eigenvalue weighted by molar-refractivity contribution is 5.85. The highest BCUT2D eigenvalue weighted by Crippen LogP contribution is 2.24. The summed E-state index contributed by atoms with van der Waals surface area (Å²) in [6.07, 6.45) is 5.57. The number of nitrogens with two attached hydrogens (primary N) is 1. The van der Waals surface area contributed by atoms with Gasteiger partial charge in [0.05, 0.1) is 11.2 Å². The highest BCUT2D eigenvalue weighted by Gasteiger charge is 2.15. The summed E-state index contributed by atoms with van der Waals surface area (Å²) in [5.41, 5.74) is 9.41. The molecular formula is C15H19N5. The number of rotatable bonds is 3. The number of aromatic nitrogens is 4. The molecule has 104 valence electrons. The molecule has 0 atom stereocenters. The zero-order valence-electron chi connectivity index (χ0n) is 12.0. The lowest BCUT2D eigenvalue weighted by Crippen LogP contribution is -2.36. The van der Waals surface area contributed by atoms with Gasteiger partial charge in [-0.2, -0.15) is 0 Å². The SMILES string of the molecule is Cc1cn(CC(C)(C)N)c2cc(-n3cnnc3)ccc12. The van der Waals surface area contributed by atoms with Crippen LogP contribution in [0.4, 0.5) is 0 Å². The van der Waals surface area contributed by atoms with Crippen molar-refractivity contribution in [3.05, 3.63) is 42.6 Å². The highest BCUT2D eigenvalue weighted by atomic mass is 15.2. The van der Waals surface area contributed by atoms with Crippen molar-refractivity contribution in [1.82, 2.24) is 19.3 Å². The minimum absolute atomic E-state index is 0.245. The molecule has 5 nitrogen and oxygen atoms in total. The van der Waals surface area contributed by atoms with E-state index in [1.807, 2.05) is 18.4 Å². The van der Waals surface area contributed by atoms with Gasteiger partial charge in [-0.3, -0.25) is 4.57 Å². The molecule has 0 unspecified atom stereocenters. The maximum absolute atomic E-state index is 6.15. The Balaban J connectivity index is 2.14. The van der Waals surface area contributed by atoms with Gasteiger partial charge >= 0.3 is 0 Å². The van der Waals surface area contributed by atoms with Crippen molar-refractivity contribution in [3.63, 3.8) is 0 Å². The van der Waals surface area contributed by atoms with Crippen molar-refractivity contribution in [2.75, 3.05) is 0 Å². The Labute approximate surface area is 118 Å². The van der Waals surface area contributed by atoms with Crippen molar-refractivity contribution in [1.29, 1.82) is 0 Å². The van der Waals surface area contributed by atoms with E-state index in [4.69, 9.17) is 5.73 Å². The monoisotopic (exact) mass is 269 g/mol. The fourth-order valence-electron chi connectivity index (χ4n) is 2.53. The van der Waals surface area contributed by atoms with Gasteiger partial charge in [-0.15, -0.1) is 10.2 Å². The standard InChI is InChI=1S/C15H19N5/c1-11-7-19(8-15(2,3)16)14-6-12(4-5-13(11)14)20-9-17-18-10-20/h4-7,9-10H,8,16H2,1-3H3. The van der Waals surface area contributed by atoms with Crippen LogP contribution in [0.1, 0.15) is 19.4 Å². The maximum atomic E-state index is 6.15. The van der Waals surface area contributed by atoms with Crippen LogP contribution in [0.15, 0.2) is 37.1 Å². The van der Waals surface area contributed by atoms with Gasteiger partial charge in [-0.1, -0.05) is 6.07 Å². The van der Waals surface area contributed by atoms with Crippen LogP contribution in [-0.4, -0.2) is 24.9 Å². The van der Waals surface area contributed by atoms with Crippen molar-refractivity contribution in [3.8, 4) is 5.69 Å². The van der Waals surface area contributed by atoms with E-state index in [1.54, 1.807) is 12.7 Å². The normalized spacial score (nSPS) is 12.2. The lowest BCUT2D eigenvalue weighted by Gasteiger charge is -2.20. The number of aryl methyl sites for hydroxylation is 1. The average molecular weight is 269 g/mol. The minimum atomic E-state index is -0.245. The maximum Gasteiger partial charge on any atom is 0.123 e. The van der Waals surface area contributed by atoms with Crippen LogP contribution in [0.25, 0.3) is 16.6 Å². The second-order valence-corrected chi connectivity index (χ2v) is 6.00. The fourth-order valence-corrected chi connectivity index (χ4v) is 2.53. The van der Waals surface area contributed by atoms with Crippen molar-refractivity contribution >= 4 is 10.9 Å². The Morgan fingerprint density at radius 1 is 1.20 bits per heavy atom. The van der Waals surface area contributed by atoms with E-state index in [0.29, 0.717) is 0 Å². The lowest BCUT2D eigenvalue weighted by atomic mass is 10.1. The van der Waals surface area contributed by atoms with Crippen LogP contribution in [0.2, 0.25) is 0 Å². The second kappa shape index (κ2) is 4.45. The van der Waals surface area contributed by atoms with Gasteiger partial charge in [0, 0.05) is 23.7 Å². The van der Waals surface area contributed by atoms with Gasteiger partial charge in [0.25, 0.3) is 0 Å². The summed E-state index contributed by atoms with van der Waals surface area (Å²) in [5.74, 6) is 0. The molecule has 0 radical (unpaired) electrons. The van der Waals surface area contributed by atoms with Crippen LogP contribution < -0.4 is 5.73 Å². The first-order valence-electron chi connectivity index (χ1n) is 6.67. The smallest absolute Gasteiger partial charge is 0.123 e. The molecular weight excluding hydrogens is 250 g/mol. The average Bonchev–Trinajstić information content (AvgIpc) is 2.97. The Morgan fingerprint density at radius 2 is 1.90 bits per heavy atom. The molecule has 2 heterocycles. The summed E-state index contributed by atoms with van der Waals surface area (Å²) < 4.78 is 4.12. The summed E-state index contributed by atoms with van der Waals surface area (Å²) in [7, 11) is 0.